The van der Waals surface area contributed by atoms with E-state index in [9.17, 15) is 0 Å². The lowest BCUT2D eigenvalue weighted by Gasteiger charge is -2.45. The Labute approximate surface area is 174 Å². The van der Waals surface area contributed by atoms with E-state index in [4.69, 9.17) is 13.6 Å². The summed E-state index contributed by atoms with van der Waals surface area (Å²) in [5, 5.41) is 0. The van der Waals surface area contributed by atoms with Crippen molar-refractivity contribution < 1.29 is 22.2 Å². The lowest BCUT2D eigenvalue weighted by molar-refractivity contribution is 0.227. The van der Waals surface area contributed by atoms with Gasteiger partial charge in [0.2, 0.25) is 7.82 Å². The zero-order chi connectivity index (χ0) is 22.1. The summed E-state index contributed by atoms with van der Waals surface area (Å²) in [6.07, 6.45) is 0. The van der Waals surface area contributed by atoms with E-state index in [1.807, 2.05) is 65.8 Å². The highest BCUT2D eigenvalue weighted by Gasteiger charge is 2.70. The zero-order valence-corrected chi connectivity index (χ0v) is 19.8. The molecule has 0 fully saturated rings. The minimum absolute atomic E-state index is 0.569. The summed E-state index contributed by atoms with van der Waals surface area (Å²) in [6, 6.07) is 7.76. The van der Waals surface area contributed by atoms with Crippen LogP contribution in [0.1, 0.15) is 33.4 Å². The summed E-state index contributed by atoms with van der Waals surface area (Å²) in [5.41, 5.74) is 6.34. The highest BCUT2D eigenvalue weighted by molar-refractivity contribution is 8.11. The molecule has 0 heterocycles. The van der Waals surface area contributed by atoms with Crippen molar-refractivity contribution in [2.75, 3.05) is 21.3 Å². The average Bonchev–Trinajstić information content (AvgIpc) is 2.60. The third-order valence-corrected chi connectivity index (χ3v) is 9.25. The number of benzene rings is 2. The second-order valence-electron chi connectivity index (χ2n) is 7.93. The van der Waals surface area contributed by atoms with Gasteiger partial charge < -0.3 is 8.63 Å². The lowest BCUT2D eigenvalue weighted by Crippen LogP contribution is -2.71. The van der Waals surface area contributed by atoms with Gasteiger partial charge in [-0.15, -0.1) is 0 Å². The number of halogens is 2. The summed E-state index contributed by atoms with van der Waals surface area (Å²) in [5.74, 6) is -2.85. The summed E-state index contributed by atoms with van der Waals surface area (Å²) in [7, 11) is -2.07. The largest absolute Gasteiger partial charge is 0.436 e. The maximum Gasteiger partial charge on any atom is 0.436 e. The van der Waals surface area contributed by atoms with Gasteiger partial charge in [-0.05, 0) is 41.5 Å². The molecular formula is C21H31B2F2O3P. The normalized spacial score (nSPS) is 12.4. The third-order valence-electron chi connectivity index (χ3n) is 5.98. The Morgan fingerprint density at radius 2 is 0.931 bits per heavy atom. The summed E-state index contributed by atoms with van der Waals surface area (Å²) < 4.78 is 48.3. The van der Waals surface area contributed by atoms with Crippen LogP contribution in [0.3, 0.4) is 0 Å². The van der Waals surface area contributed by atoms with Gasteiger partial charge in [0, 0.05) is 0 Å². The van der Waals surface area contributed by atoms with Gasteiger partial charge in [-0.2, -0.15) is 10.9 Å². The van der Waals surface area contributed by atoms with Crippen LogP contribution in [-0.2, 0) is 13.6 Å². The molecule has 0 unspecified atom stereocenters. The molecule has 0 aliphatic rings. The van der Waals surface area contributed by atoms with Gasteiger partial charge in [0.1, 0.15) is 0 Å². The molecular weight excluding hydrogens is 391 g/mol. The Morgan fingerprint density at radius 1 is 0.655 bits per heavy atom. The highest BCUT2D eigenvalue weighted by Crippen LogP contribution is 2.68. The van der Waals surface area contributed by atoms with Gasteiger partial charge >= 0.3 is 12.9 Å². The van der Waals surface area contributed by atoms with Gasteiger partial charge in [-0.25, -0.2) is 13.6 Å². The molecule has 158 valence electrons. The molecule has 0 saturated carbocycles. The van der Waals surface area contributed by atoms with Crippen molar-refractivity contribution in [2.45, 2.75) is 41.5 Å². The number of aryl methyl sites for hydroxylation is 6. The van der Waals surface area contributed by atoms with Crippen LogP contribution in [0, 0.1) is 41.5 Å². The first kappa shape index (κ1) is 24.0. The molecule has 2 rings (SSSR count). The number of hydrogen-bond acceptors (Lipinski definition) is 3. The first-order chi connectivity index (χ1) is 13.5. The van der Waals surface area contributed by atoms with E-state index in [0.717, 1.165) is 33.4 Å². The van der Waals surface area contributed by atoms with Gasteiger partial charge in [0.05, 0.1) is 21.3 Å². The molecule has 0 amide bonds. The molecule has 8 heteroatoms. The number of rotatable bonds is 7. The van der Waals surface area contributed by atoms with Crippen LogP contribution in [0.2, 0.25) is 0 Å². The molecule has 0 bridgehead atoms. The van der Waals surface area contributed by atoms with E-state index < -0.39 is 20.7 Å². The smallest absolute Gasteiger partial charge is 0.330 e. The van der Waals surface area contributed by atoms with E-state index in [2.05, 4.69) is 0 Å². The van der Waals surface area contributed by atoms with Crippen molar-refractivity contribution in [3.8, 4) is 0 Å². The van der Waals surface area contributed by atoms with Crippen molar-refractivity contribution >= 4 is 31.7 Å². The first-order valence-corrected chi connectivity index (χ1v) is 11.3. The Bertz CT molecular complexity index is 790. The Kier molecular flexibility index (Phi) is 7.33. The molecule has 0 N–H and O–H groups in total. The quantitative estimate of drug-likeness (QED) is 0.474. The second-order valence-corrected chi connectivity index (χ2v) is 10.9. The molecule has 2 aromatic carbocycles. The molecule has 2 aromatic rings. The Morgan fingerprint density at radius 3 is 1.14 bits per heavy atom. The molecule has 0 aliphatic carbocycles. The molecule has 0 saturated heterocycles. The highest BCUT2D eigenvalue weighted by atomic mass is 31.2. The van der Waals surface area contributed by atoms with Crippen LogP contribution in [0.25, 0.3) is 0 Å². The third kappa shape index (κ3) is 3.67. The average molecular weight is 422 g/mol. The minimum atomic E-state index is -3.51. The van der Waals surface area contributed by atoms with Crippen molar-refractivity contribution in [1.82, 2.24) is 0 Å². The van der Waals surface area contributed by atoms with Gasteiger partial charge in [0.25, 0.3) is 0 Å². The van der Waals surface area contributed by atoms with Crippen molar-refractivity contribution in [1.29, 1.82) is 0 Å². The predicted octanol–water partition coefficient (Wildman–Crippen LogP) is 4.80. The second kappa shape index (κ2) is 8.85. The topological polar surface area (TPSA) is 27.7 Å². The maximum atomic E-state index is 15.5. The van der Waals surface area contributed by atoms with Gasteiger partial charge in [-0.3, -0.25) is 0 Å². The molecule has 3 nitrogen and oxygen atoms in total. The fraction of sp³-hybridized carbons (Fsp3) is 0.429. The fourth-order valence-corrected chi connectivity index (χ4v) is 8.51. The Balaban J connectivity index is 3.21. The Hall–Kier alpha value is -1.26. The number of hydrogen-bond donors (Lipinski definition) is 0. The van der Waals surface area contributed by atoms with Crippen LogP contribution in [0.5, 0.6) is 0 Å². The summed E-state index contributed by atoms with van der Waals surface area (Å²) in [6.45, 7) is 11.4. The molecule has 0 atom stereocenters. The van der Waals surface area contributed by atoms with Gasteiger partial charge in [-0.1, -0.05) is 57.6 Å². The van der Waals surface area contributed by atoms with Crippen LogP contribution < -0.4 is 10.9 Å². The monoisotopic (exact) mass is 422 g/mol. The van der Waals surface area contributed by atoms with Crippen LogP contribution in [0.15, 0.2) is 24.3 Å². The zero-order valence-electron chi connectivity index (χ0n) is 18.9. The van der Waals surface area contributed by atoms with Gasteiger partial charge in [0.15, 0.2) is 0 Å². The van der Waals surface area contributed by atoms with E-state index >= 15 is 8.63 Å². The molecule has 0 aromatic heterocycles. The maximum absolute atomic E-state index is 15.5. The van der Waals surface area contributed by atoms with Crippen LogP contribution in [-0.4, -0.2) is 34.2 Å². The minimum Gasteiger partial charge on any atom is -0.330 e. The van der Waals surface area contributed by atoms with Crippen LogP contribution in [0.4, 0.5) is 8.63 Å². The summed E-state index contributed by atoms with van der Waals surface area (Å²) >= 11 is 0. The fourth-order valence-electron chi connectivity index (χ4n) is 5.34. The lowest BCUT2D eigenvalue weighted by atomic mass is 9.17. The molecule has 0 aliphatic heterocycles. The predicted molar refractivity (Wildman–Crippen MR) is 122 cm³/mol. The standard InChI is InChI=1S/C21H31B2F2O3P/c1-14-10-16(3)20(17(4)11-14)23(22(24)25,29(26-7,27-8)28-9)21-18(5)12-15(2)13-19(21)6/h10-13H,1-9H3. The van der Waals surface area contributed by atoms with Crippen molar-refractivity contribution in [3.05, 3.63) is 57.6 Å². The summed E-state index contributed by atoms with van der Waals surface area (Å²) in [4.78, 5) is 0. The molecule has 0 radical (unpaired) electrons. The molecule has 0 spiro atoms. The van der Waals surface area contributed by atoms with Crippen molar-refractivity contribution in [2.24, 2.45) is 0 Å². The molecule has 29 heavy (non-hydrogen) atoms. The van der Waals surface area contributed by atoms with Crippen LogP contribution >= 0.6 is 7.82 Å². The van der Waals surface area contributed by atoms with E-state index in [1.165, 1.54) is 21.3 Å². The van der Waals surface area contributed by atoms with E-state index in [0.29, 0.717) is 10.9 Å². The SMILES string of the molecule is CO[P+](OC)(OC)[B-](B(F)F)(c1c(C)cc(C)cc1C)c1c(C)cc(C)cc1C. The van der Waals surface area contributed by atoms with Crippen molar-refractivity contribution in [3.63, 3.8) is 0 Å². The van der Waals surface area contributed by atoms with E-state index in [-0.39, 0.29) is 0 Å². The van der Waals surface area contributed by atoms with E-state index in [1.54, 1.807) is 0 Å². The first-order valence-electron chi connectivity index (χ1n) is 9.69.